The Morgan fingerprint density at radius 2 is 1.76 bits per heavy atom. The molecule has 1 saturated carbocycles. The number of carbonyl (C=O) groups excluding carboxylic acids is 2. The summed E-state index contributed by atoms with van der Waals surface area (Å²) in [6.45, 7) is 3.45. The summed E-state index contributed by atoms with van der Waals surface area (Å²) in [5.41, 5.74) is 4.04. The topological polar surface area (TPSA) is 95.9 Å². The number of nitrogens with one attached hydrogen (secondary N) is 1. The van der Waals surface area contributed by atoms with Crippen LogP contribution in [0.4, 0.5) is 4.79 Å². The van der Waals surface area contributed by atoms with Gasteiger partial charge in [0.2, 0.25) is 5.91 Å². The Hall–Kier alpha value is -3.35. The monoisotopic (exact) mass is 462 g/mol. The van der Waals surface area contributed by atoms with E-state index in [1.54, 1.807) is 4.90 Å². The average molecular weight is 463 g/mol. The third kappa shape index (κ3) is 3.93. The molecule has 178 valence electrons. The van der Waals surface area contributed by atoms with Crippen molar-refractivity contribution in [3.05, 3.63) is 59.7 Å². The molecule has 2 aliphatic carbocycles. The number of alkyl carbamates (subject to hydrolysis) is 1. The summed E-state index contributed by atoms with van der Waals surface area (Å²) in [7, 11) is 0. The molecule has 3 aliphatic rings. The minimum atomic E-state index is -0.784. The number of fused-ring (bicyclic) bond motifs is 4. The first-order valence-corrected chi connectivity index (χ1v) is 12.0. The molecule has 1 saturated heterocycles. The Morgan fingerprint density at radius 3 is 2.38 bits per heavy atom. The summed E-state index contributed by atoms with van der Waals surface area (Å²) in [5.74, 6) is -0.845. The summed E-state index contributed by atoms with van der Waals surface area (Å²) < 4.78 is 5.54. The Labute approximate surface area is 199 Å². The first-order chi connectivity index (χ1) is 16.4. The maximum atomic E-state index is 12.7. The van der Waals surface area contributed by atoms with Crippen molar-refractivity contribution >= 4 is 18.0 Å². The molecule has 34 heavy (non-hydrogen) atoms. The normalized spacial score (nSPS) is 23.0. The van der Waals surface area contributed by atoms with Gasteiger partial charge < -0.3 is 20.1 Å². The Balaban J connectivity index is 1.05. The molecule has 3 unspecified atom stereocenters. The Kier molecular flexibility index (Phi) is 5.80. The van der Waals surface area contributed by atoms with Gasteiger partial charge in [-0.2, -0.15) is 0 Å². The van der Waals surface area contributed by atoms with E-state index in [9.17, 15) is 19.5 Å². The number of carbonyl (C=O) groups is 3. The lowest BCUT2D eigenvalue weighted by atomic mass is 9.98. The standard InChI is InChI=1S/C27H30N2O5/c1-17(24(30)29-14-18-13-27(18,16-29)25(31)32)7-6-12-28-26(33)34-15-23-21-10-4-2-8-19(21)20-9-3-5-11-22(20)23/h2-5,8-11,17-18,23H,6-7,12-16H2,1H3,(H,28,33)(H,31,32). The molecule has 2 N–H and O–H groups in total. The highest BCUT2D eigenvalue weighted by atomic mass is 16.5. The van der Waals surface area contributed by atoms with Crippen LogP contribution in [-0.2, 0) is 14.3 Å². The lowest BCUT2D eigenvalue weighted by Gasteiger charge is -2.23. The highest BCUT2D eigenvalue weighted by Crippen LogP contribution is 2.58. The molecule has 1 heterocycles. The van der Waals surface area contributed by atoms with Gasteiger partial charge in [-0.15, -0.1) is 0 Å². The molecular weight excluding hydrogens is 432 g/mol. The first-order valence-electron chi connectivity index (χ1n) is 12.0. The smallest absolute Gasteiger partial charge is 0.407 e. The van der Waals surface area contributed by atoms with Crippen LogP contribution in [0.5, 0.6) is 0 Å². The van der Waals surface area contributed by atoms with Gasteiger partial charge in [-0.1, -0.05) is 55.5 Å². The minimum Gasteiger partial charge on any atom is -0.481 e. The summed E-state index contributed by atoms with van der Waals surface area (Å²) in [6, 6.07) is 16.4. The van der Waals surface area contributed by atoms with Crippen molar-refractivity contribution in [3.63, 3.8) is 0 Å². The second-order valence-electron chi connectivity index (χ2n) is 9.88. The van der Waals surface area contributed by atoms with Gasteiger partial charge in [0.15, 0.2) is 0 Å². The van der Waals surface area contributed by atoms with Gasteiger partial charge in [-0.25, -0.2) is 4.79 Å². The van der Waals surface area contributed by atoms with Crippen molar-refractivity contribution in [2.24, 2.45) is 17.3 Å². The van der Waals surface area contributed by atoms with Crippen LogP contribution in [0.25, 0.3) is 11.1 Å². The fourth-order valence-corrected chi connectivity index (χ4v) is 5.67. The molecule has 3 atom stereocenters. The number of ether oxygens (including phenoxy) is 1. The Bertz CT molecular complexity index is 1090. The van der Waals surface area contributed by atoms with E-state index in [1.807, 2.05) is 31.2 Å². The number of benzene rings is 2. The van der Waals surface area contributed by atoms with Crippen molar-refractivity contribution in [2.75, 3.05) is 26.2 Å². The number of rotatable bonds is 8. The molecule has 2 fully saturated rings. The molecular formula is C27H30N2O5. The lowest BCUT2D eigenvalue weighted by Crippen LogP contribution is -2.37. The van der Waals surface area contributed by atoms with Crippen LogP contribution in [0.1, 0.15) is 43.2 Å². The molecule has 0 aromatic heterocycles. The Morgan fingerprint density at radius 1 is 1.12 bits per heavy atom. The number of hydrogen-bond acceptors (Lipinski definition) is 4. The van der Waals surface area contributed by atoms with Gasteiger partial charge in [0.25, 0.3) is 0 Å². The number of carboxylic acid groups (broad SMARTS) is 1. The van der Waals surface area contributed by atoms with Crippen LogP contribution in [-0.4, -0.2) is 54.2 Å². The number of nitrogens with zero attached hydrogens (tertiary/aromatic N) is 1. The minimum absolute atomic E-state index is 0.00830. The van der Waals surface area contributed by atoms with E-state index >= 15 is 0 Å². The van der Waals surface area contributed by atoms with Crippen molar-refractivity contribution in [2.45, 2.75) is 32.1 Å². The van der Waals surface area contributed by atoms with E-state index < -0.39 is 17.5 Å². The number of likely N-dealkylation sites (tertiary alicyclic amines) is 1. The predicted molar refractivity (Wildman–Crippen MR) is 126 cm³/mol. The van der Waals surface area contributed by atoms with E-state index in [0.29, 0.717) is 38.9 Å². The summed E-state index contributed by atoms with van der Waals surface area (Å²) in [6.07, 6.45) is 1.51. The third-order valence-electron chi connectivity index (χ3n) is 7.73. The predicted octanol–water partition coefficient (Wildman–Crippen LogP) is 3.87. The van der Waals surface area contributed by atoms with Gasteiger partial charge in [0.1, 0.15) is 6.61 Å². The molecule has 2 aromatic carbocycles. The maximum absolute atomic E-state index is 12.7. The van der Waals surface area contributed by atoms with E-state index in [1.165, 1.54) is 22.3 Å². The molecule has 1 aliphatic heterocycles. The zero-order chi connectivity index (χ0) is 23.9. The van der Waals surface area contributed by atoms with Crippen LogP contribution < -0.4 is 5.32 Å². The highest BCUT2D eigenvalue weighted by Gasteiger charge is 2.66. The second-order valence-corrected chi connectivity index (χ2v) is 9.88. The molecule has 7 nitrogen and oxygen atoms in total. The third-order valence-corrected chi connectivity index (χ3v) is 7.73. The number of hydrogen-bond donors (Lipinski definition) is 2. The van der Waals surface area contributed by atoms with E-state index in [4.69, 9.17) is 4.74 Å². The van der Waals surface area contributed by atoms with E-state index in [2.05, 4.69) is 29.6 Å². The number of amides is 2. The van der Waals surface area contributed by atoms with Crippen molar-refractivity contribution in [1.82, 2.24) is 10.2 Å². The number of piperidine rings is 1. The van der Waals surface area contributed by atoms with Crippen LogP contribution in [0.2, 0.25) is 0 Å². The van der Waals surface area contributed by atoms with Gasteiger partial charge in [0.05, 0.1) is 5.41 Å². The molecule has 2 aromatic rings. The summed E-state index contributed by atoms with van der Waals surface area (Å²) in [5, 5.41) is 12.2. The van der Waals surface area contributed by atoms with Crippen LogP contribution in [0, 0.1) is 17.3 Å². The SMILES string of the molecule is CC(CCCNC(=O)OCC1c2ccccc2-c2ccccc21)C(=O)N1CC2CC2(C(=O)O)C1. The summed E-state index contributed by atoms with van der Waals surface area (Å²) in [4.78, 5) is 38.1. The van der Waals surface area contributed by atoms with Gasteiger partial charge in [-0.05, 0) is 47.4 Å². The largest absolute Gasteiger partial charge is 0.481 e. The first kappa shape index (κ1) is 22.4. The van der Waals surface area contributed by atoms with E-state index in [0.717, 1.165) is 0 Å². The van der Waals surface area contributed by atoms with Crippen molar-refractivity contribution in [3.8, 4) is 11.1 Å². The molecule has 0 spiro atoms. The zero-order valence-electron chi connectivity index (χ0n) is 19.3. The van der Waals surface area contributed by atoms with Crippen LogP contribution >= 0.6 is 0 Å². The second kappa shape index (κ2) is 8.78. The van der Waals surface area contributed by atoms with Crippen LogP contribution in [0.15, 0.2) is 48.5 Å². The molecule has 5 rings (SSSR count). The molecule has 2 amide bonds. The van der Waals surface area contributed by atoms with E-state index in [-0.39, 0.29) is 30.3 Å². The van der Waals surface area contributed by atoms with Crippen LogP contribution in [0.3, 0.4) is 0 Å². The van der Waals surface area contributed by atoms with Gasteiger partial charge in [-0.3, -0.25) is 9.59 Å². The quantitative estimate of drug-likeness (QED) is 0.581. The number of aliphatic carboxylic acids is 1. The average Bonchev–Trinajstić information content (AvgIpc) is 3.27. The fourth-order valence-electron chi connectivity index (χ4n) is 5.67. The summed E-state index contributed by atoms with van der Waals surface area (Å²) >= 11 is 0. The molecule has 7 heteroatoms. The lowest BCUT2D eigenvalue weighted by molar-refractivity contribution is -0.144. The fraction of sp³-hybridized carbons (Fsp3) is 0.444. The van der Waals surface area contributed by atoms with Crippen molar-refractivity contribution < 1.29 is 24.2 Å². The maximum Gasteiger partial charge on any atom is 0.407 e. The van der Waals surface area contributed by atoms with Crippen molar-refractivity contribution in [1.29, 1.82) is 0 Å². The molecule has 0 bridgehead atoms. The molecule has 0 radical (unpaired) electrons. The van der Waals surface area contributed by atoms with Gasteiger partial charge in [0, 0.05) is 31.5 Å². The number of carboxylic acids is 1. The highest BCUT2D eigenvalue weighted by molar-refractivity contribution is 5.84. The zero-order valence-corrected chi connectivity index (χ0v) is 19.3. The van der Waals surface area contributed by atoms with Gasteiger partial charge >= 0.3 is 12.1 Å².